The maximum absolute atomic E-state index is 13.0. The summed E-state index contributed by atoms with van der Waals surface area (Å²) in [5.41, 5.74) is 0. The van der Waals surface area contributed by atoms with E-state index in [1.807, 2.05) is 0 Å². The Morgan fingerprint density at radius 3 is 3.00 bits per heavy atom. The van der Waals surface area contributed by atoms with Crippen molar-refractivity contribution in [1.29, 1.82) is 0 Å². The molecule has 2 aliphatic rings. The molecule has 0 spiro atoms. The fourth-order valence-corrected chi connectivity index (χ4v) is 3.52. The molecule has 2 atom stereocenters. The lowest BCUT2D eigenvalue weighted by atomic mass is 10.1. The van der Waals surface area contributed by atoms with Gasteiger partial charge in [0.05, 0.1) is 5.02 Å². The van der Waals surface area contributed by atoms with Crippen LogP contribution in [0.4, 0.5) is 4.39 Å². The average Bonchev–Trinajstić information content (AvgIpc) is 2.65. The zero-order valence-electron chi connectivity index (χ0n) is 11.4. The van der Waals surface area contributed by atoms with Crippen molar-refractivity contribution in [3.05, 3.63) is 29.0 Å². The Morgan fingerprint density at radius 2 is 2.15 bits per heavy atom. The summed E-state index contributed by atoms with van der Waals surface area (Å²) in [5, 5.41) is 3.83. The highest BCUT2D eigenvalue weighted by molar-refractivity contribution is 6.32. The highest BCUT2D eigenvalue weighted by Gasteiger charge is 2.34. The number of rotatable bonds is 4. The number of hydrogen-bond acceptors (Lipinski definition) is 3. The van der Waals surface area contributed by atoms with Gasteiger partial charge in [-0.25, -0.2) is 4.39 Å². The molecule has 0 amide bonds. The molecular weight excluding hydrogens is 279 g/mol. The number of benzene rings is 1. The Hall–Kier alpha value is -0.840. The van der Waals surface area contributed by atoms with Crippen LogP contribution in [0.25, 0.3) is 0 Å². The molecule has 3 nitrogen and oxygen atoms in total. The van der Waals surface area contributed by atoms with Crippen LogP contribution >= 0.6 is 11.6 Å². The van der Waals surface area contributed by atoms with E-state index in [0.29, 0.717) is 29.5 Å². The second-order valence-electron chi connectivity index (χ2n) is 5.54. The molecule has 5 heteroatoms. The van der Waals surface area contributed by atoms with Gasteiger partial charge in [0, 0.05) is 25.2 Å². The molecule has 1 N–H and O–H groups in total. The summed E-state index contributed by atoms with van der Waals surface area (Å²) in [4.78, 5) is 2.55. The van der Waals surface area contributed by atoms with Crippen molar-refractivity contribution in [2.24, 2.45) is 0 Å². The standard InChI is InChI=1S/C15H20ClFN2O/c16-14-9-11(17)1-4-15(14)20-8-7-19-12-2-3-13(19)10-18-6-5-12/h1,4,9,12-13,18H,2-3,5-8,10H2. The number of fused-ring (bicyclic) bond motifs is 2. The van der Waals surface area contributed by atoms with E-state index in [1.165, 1.54) is 31.4 Å². The first-order valence-electron chi connectivity index (χ1n) is 7.28. The Balaban J connectivity index is 1.54. The molecule has 2 bridgehead atoms. The van der Waals surface area contributed by atoms with Gasteiger partial charge in [-0.15, -0.1) is 0 Å². The van der Waals surface area contributed by atoms with Crippen LogP contribution in [-0.2, 0) is 0 Å². The molecule has 1 aromatic carbocycles. The minimum absolute atomic E-state index is 0.334. The van der Waals surface area contributed by atoms with Gasteiger partial charge in [-0.3, -0.25) is 4.90 Å². The Labute approximate surface area is 124 Å². The van der Waals surface area contributed by atoms with Crippen LogP contribution in [0.5, 0.6) is 5.75 Å². The van der Waals surface area contributed by atoms with Gasteiger partial charge in [-0.1, -0.05) is 11.6 Å². The van der Waals surface area contributed by atoms with Crippen LogP contribution in [0.3, 0.4) is 0 Å². The summed E-state index contributed by atoms with van der Waals surface area (Å²) in [5.74, 6) is 0.229. The fourth-order valence-electron chi connectivity index (χ4n) is 3.30. The second kappa shape index (κ2) is 6.29. The first kappa shape index (κ1) is 14.1. The van der Waals surface area contributed by atoms with E-state index in [0.717, 1.165) is 19.6 Å². The number of ether oxygens (including phenoxy) is 1. The summed E-state index contributed by atoms with van der Waals surface area (Å²) in [6.07, 6.45) is 3.78. The quantitative estimate of drug-likeness (QED) is 0.925. The first-order chi connectivity index (χ1) is 9.74. The van der Waals surface area contributed by atoms with Crippen LogP contribution < -0.4 is 10.1 Å². The third-order valence-electron chi connectivity index (χ3n) is 4.31. The molecular formula is C15H20ClFN2O. The maximum Gasteiger partial charge on any atom is 0.138 e. The molecule has 20 heavy (non-hydrogen) atoms. The van der Waals surface area contributed by atoms with Gasteiger partial charge in [0.1, 0.15) is 18.2 Å². The van der Waals surface area contributed by atoms with Crippen molar-refractivity contribution in [3.63, 3.8) is 0 Å². The average molecular weight is 299 g/mol. The summed E-state index contributed by atoms with van der Waals surface area (Å²) < 4.78 is 18.7. The van der Waals surface area contributed by atoms with E-state index in [2.05, 4.69) is 10.2 Å². The Bertz CT molecular complexity index is 457. The summed E-state index contributed by atoms with van der Waals surface area (Å²) >= 11 is 5.96. The van der Waals surface area contributed by atoms with Gasteiger partial charge in [0.15, 0.2) is 0 Å². The van der Waals surface area contributed by atoms with Gasteiger partial charge in [-0.2, -0.15) is 0 Å². The number of hydrogen-bond donors (Lipinski definition) is 1. The van der Waals surface area contributed by atoms with Gasteiger partial charge < -0.3 is 10.1 Å². The zero-order chi connectivity index (χ0) is 13.9. The molecule has 2 unspecified atom stereocenters. The van der Waals surface area contributed by atoms with Crippen molar-refractivity contribution >= 4 is 11.6 Å². The molecule has 0 radical (unpaired) electrons. The lowest BCUT2D eigenvalue weighted by Gasteiger charge is -2.27. The molecule has 0 aliphatic carbocycles. The smallest absolute Gasteiger partial charge is 0.138 e. The number of halogens is 2. The minimum Gasteiger partial charge on any atom is -0.491 e. The predicted molar refractivity (Wildman–Crippen MR) is 77.9 cm³/mol. The number of nitrogens with zero attached hydrogens (tertiary/aromatic N) is 1. The molecule has 110 valence electrons. The van der Waals surface area contributed by atoms with Crippen LogP contribution in [0, 0.1) is 5.82 Å². The van der Waals surface area contributed by atoms with Gasteiger partial charge in [0.25, 0.3) is 0 Å². The van der Waals surface area contributed by atoms with E-state index in [4.69, 9.17) is 16.3 Å². The van der Waals surface area contributed by atoms with Crippen LogP contribution in [0.1, 0.15) is 19.3 Å². The lowest BCUT2D eigenvalue weighted by Crippen LogP contribution is -2.40. The molecule has 2 heterocycles. The van der Waals surface area contributed by atoms with Crippen LogP contribution in [-0.4, -0.2) is 43.2 Å². The van der Waals surface area contributed by atoms with Gasteiger partial charge in [-0.05, 0) is 44.0 Å². The molecule has 0 aromatic heterocycles. The van der Waals surface area contributed by atoms with Gasteiger partial charge in [0.2, 0.25) is 0 Å². The highest BCUT2D eigenvalue weighted by Crippen LogP contribution is 2.28. The predicted octanol–water partition coefficient (Wildman–Crippen LogP) is 2.68. The normalized spacial score (nSPS) is 26.5. The van der Waals surface area contributed by atoms with E-state index in [-0.39, 0.29) is 5.82 Å². The molecule has 1 aromatic rings. The lowest BCUT2D eigenvalue weighted by molar-refractivity contribution is 0.162. The van der Waals surface area contributed by atoms with E-state index >= 15 is 0 Å². The zero-order valence-corrected chi connectivity index (χ0v) is 12.2. The summed E-state index contributed by atoms with van der Waals surface area (Å²) in [6.45, 7) is 3.69. The van der Waals surface area contributed by atoms with Crippen molar-refractivity contribution < 1.29 is 9.13 Å². The molecule has 3 rings (SSSR count). The van der Waals surface area contributed by atoms with Gasteiger partial charge >= 0.3 is 0 Å². The third kappa shape index (κ3) is 3.08. The minimum atomic E-state index is -0.334. The molecule has 2 saturated heterocycles. The van der Waals surface area contributed by atoms with Crippen molar-refractivity contribution in [2.45, 2.75) is 31.3 Å². The molecule has 2 fully saturated rings. The highest BCUT2D eigenvalue weighted by atomic mass is 35.5. The topological polar surface area (TPSA) is 24.5 Å². The molecule has 2 aliphatic heterocycles. The molecule has 0 saturated carbocycles. The SMILES string of the molecule is Fc1ccc(OCCN2C3CCNCC2CC3)c(Cl)c1. The van der Waals surface area contributed by atoms with E-state index in [9.17, 15) is 4.39 Å². The van der Waals surface area contributed by atoms with E-state index in [1.54, 1.807) is 6.07 Å². The van der Waals surface area contributed by atoms with Crippen molar-refractivity contribution in [2.75, 3.05) is 26.2 Å². The fraction of sp³-hybridized carbons (Fsp3) is 0.600. The monoisotopic (exact) mass is 298 g/mol. The summed E-state index contributed by atoms with van der Waals surface area (Å²) in [7, 11) is 0. The first-order valence-corrected chi connectivity index (χ1v) is 7.66. The van der Waals surface area contributed by atoms with E-state index < -0.39 is 0 Å². The second-order valence-corrected chi connectivity index (χ2v) is 5.95. The largest absolute Gasteiger partial charge is 0.491 e. The summed E-state index contributed by atoms with van der Waals surface area (Å²) in [6, 6.07) is 5.57. The van der Waals surface area contributed by atoms with Crippen LogP contribution in [0.15, 0.2) is 18.2 Å². The van der Waals surface area contributed by atoms with Crippen molar-refractivity contribution in [3.8, 4) is 5.75 Å². The third-order valence-corrected chi connectivity index (χ3v) is 4.60. The van der Waals surface area contributed by atoms with Crippen molar-refractivity contribution in [1.82, 2.24) is 10.2 Å². The number of nitrogens with one attached hydrogen (secondary N) is 1. The Morgan fingerprint density at radius 1 is 1.30 bits per heavy atom. The van der Waals surface area contributed by atoms with Crippen LogP contribution in [0.2, 0.25) is 5.02 Å². The Kier molecular flexibility index (Phi) is 4.44. The maximum atomic E-state index is 13.0.